The van der Waals surface area contributed by atoms with E-state index in [1.165, 1.54) is 11.6 Å². The lowest BCUT2D eigenvalue weighted by Crippen LogP contribution is -2.18. The largest absolute Gasteiger partial charge is 0.508 e. The normalized spacial score (nSPS) is 12.6. The average Bonchev–Trinajstić information content (AvgIpc) is 2.60. The smallest absolute Gasteiger partial charge is 0.119 e. The van der Waals surface area contributed by atoms with E-state index in [0.717, 1.165) is 17.0 Å². The van der Waals surface area contributed by atoms with Crippen molar-refractivity contribution in [3.63, 3.8) is 0 Å². The Labute approximate surface area is 118 Å². The van der Waals surface area contributed by atoms with Gasteiger partial charge in [0.05, 0.1) is 5.69 Å². The van der Waals surface area contributed by atoms with Crippen LogP contribution in [0.1, 0.15) is 35.5 Å². The second-order valence-corrected chi connectivity index (χ2v) is 5.16. The molecule has 0 saturated carbocycles. The van der Waals surface area contributed by atoms with Gasteiger partial charge in [-0.05, 0) is 38.5 Å². The second kappa shape index (κ2) is 5.54. The van der Waals surface area contributed by atoms with E-state index in [-0.39, 0.29) is 17.5 Å². The average molecular weight is 275 g/mol. The fourth-order valence-corrected chi connectivity index (χ4v) is 2.31. The van der Waals surface area contributed by atoms with Gasteiger partial charge in [0.25, 0.3) is 0 Å². The zero-order valence-electron chi connectivity index (χ0n) is 12.3. The Balaban J connectivity index is 2.10. The van der Waals surface area contributed by atoms with Gasteiger partial charge >= 0.3 is 0 Å². The van der Waals surface area contributed by atoms with E-state index in [1.807, 2.05) is 32.5 Å². The minimum Gasteiger partial charge on any atom is -0.508 e. The first kappa shape index (κ1) is 14.4. The first-order valence-corrected chi connectivity index (χ1v) is 6.64. The van der Waals surface area contributed by atoms with Crippen LogP contribution in [0.3, 0.4) is 0 Å². The maximum absolute atomic E-state index is 9.52. The molecule has 0 bridgehead atoms. The molecule has 0 aliphatic carbocycles. The molecule has 1 atom stereocenters. The number of aromatic nitrogens is 2. The van der Waals surface area contributed by atoms with E-state index in [4.69, 9.17) is 0 Å². The summed E-state index contributed by atoms with van der Waals surface area (Å²) in [6.45, 7) is 6.73. The van der Waals surface area contributed by atoms with E-state index >= 15 is 0 Å². The van der Waals surface area contributed by atoms with Crippen molar-refractivity contribution in [3.05, 3.63) is 40.7 Å². The molecule has 1 unspecified atom stereocenters. The fraction of sp³-hybridized carbons (Fsp3) is 0.400. The van der Waals surface area contributed by atoms with Crippen LogP contribution in [-0.2, 0) is 13.6 Å². The van der Waals surface area contributed by atoms with Gasteiger partial charge in [0.1, 0.15) is 11.5 Å². The molecule has 2 rings (SSSR count). The van der Waals surface area contributed by atoms with Crippen molar-refractivity contribution in [2.24, 2.45) is 7.05 Å². The SMILES string of the molecule is Cc1nn(C)c(C)c1CNC(C)c1cc(O)cc(O)c1. The Kier molecular flexibility index (Phi) is 3.99. The molecule has 3 N–H and O–H groups in total. The third-order valence-electron chi connectivity index (χ3n) is 3.67. The summed E-state index contributed by atoms with van der Waals surface area (Å²) in [4.78, 5) is 0. The van der Waals surface area contributed by atoms with Crippen LogP contribution in [0.4, 0.5) is 0 Å². The minimum atomic E-state index is 0.0204. The van der Waals surface area contributed by atoms with E-state index < -0.39 is 0 Å². The zero-order chi connectivity index (χ0) is 14.9. The quantitative estimate of drug-likeness (QED) is 0.800. The summed E-state index contributed by atoms with van der Waals surface area (Å²) in [7, 11) is 1.93. The maximum atomic E-state index is 9.52. The molecule has 0 spiro atoms. The molecule has 0 saturated heterocycles. The van der Waals surface area contributed by atoms with Crippen LogP contribution < -0.4 is 5.32 Å². The number of aryl methyl sites for hydroxylation is 2. The minimum absolute atomic E-state index is 0.0204. The van der Waals surface area contributed by atoms with Gasteiger partial charge in [0, 0.05) is 37.0 Å². The van der Waals surface area contributed by atoms with Gasteiger partial charge in [-0.3, -0.25) is 4.68 Å². The molecule has 5 heteroatoms. The van der Waals surface area contributed by atoms with Gasteiger partial charge in [-0.2, -0.15) is 5.10 Å². The van der Waals surface area contributed by atoms with Crippen LogP contribution in [-0.4, -0.2) is 20.0 Å². The highest BCUT2D eigenvalue weighted by molar-refractivity contribution is 5.38. The molecule has 1 aromatic carbocycles. The van der Waals surface area contributed by atoms with Crippen LogP contribution in [0.5, 0.6) is 11.5 Å². The Hall–Kier alpha value is -2.01. The van der Waals surface area contributed by atoms with Gasteiger partial charge in [-0.25, -0.2) is 0 Å². The summed E-state index contributed by atoms with van der Waals surface area (Å²) >= 11 is 0. The first-order valence-electron chi connectivity index (χ1n) is 6.64. The number of benzene rings is 1. The van der Waals surface area contributed by atoms with Crippen molar-refractivity contribution in [1.82, 2.24) is 15.1 Å². The van der Waals surface area contributed by atoms with Crippen molar-refractivity contribution in [2.75, 3.05) is 0 Å². The highest BCUT2D eigenvalue weighted by atomic mass is 16.3. The van der Waals surface area contributed by atoms with Crippen LogP contribution in [0.15, 0.2) is 18.2 Å². The summed E-state index contributed by atoms with van der Waals surface area (Å²) < 4.78 is 1.87. The predicted octanol–water partition coefficient (Wildman–Crippen LogP) is 2.30. The lowest BCUT2D eigenvalue weighted by molar-refractivity contribution is 0.446. The molecule has 0 aliphatic rings. The number of aromatic hydroxyl groups is 2. The number of phenols is 2. The van der Waals surface area contributed by atoms with Crippen LogP contribution in [0, 0.1) is 13.8 Å². The summed E-state index contributed by atoms with van der Waals surface area (Å²) in [5.41, 5.74) is 4.19. The number of rotatable bonds is 4. The molecule has 20 heavy (non-hydrogen) atoms. The van der Waals surface area contributed by atoms with Crippen LogP contribution in [0.25, 0.3) is 0 Å². The van der Waals surface area contributed by atoms with E-state index in [2.05, 4.69) is 10.4 Å². The Bertz CT molecular complexity index is 600. The van der Waals surface area contributed by atoms with Gasteiger partial charge in [-0.15, -0.1) is 0 Å². The molecule has 0 amide bonds. The van der Waals surface area contributed by atoms with E-state index in [1.54, 1.807) is 12.1 Å². The standard InChI is InChI=1S/C15H21N3O2/c1-9(12-5-13(19)7-14(20)6-12)16-8-15-10(2)17-18(4)11(15)3/h5-7,9,16,19-20H,8H2,1-4H3. The molecular weight excluding hydrogens is 254 g/mol. The number of phenolic OH excluding ortho intramolecular Hbond substituents is 2. The first-order chi connectivity index (χ1) is 9.38. The summed E-state index contributed by atoms with van der Waals surface area (Å²) in [5.74, 6) is 0.143. The van der Waals surface area contributed by atoms with Crippen molar-refractivity contribution in [3.8, 4) is 11.5 Å². The number of hydrogen-bond donors (Lipinski definition) is 3. The van der Waals surface area contributed by atoms with Gasteiger partial charge in [0.2, 0.25) is 0 Å². The Morgan fingerprint density at radius 1 is 1.20 bits per heavy atom. The monoisotopic (exact) mass is 275 g/mol. The van der Waals surface area contributed by atoms with Crippen molar-refractivity contribution < 1.29 is 10.2 Å². The topological polar surface area (TPSA) is 70.3 Å². The van der Waals surface area contributed by atoms with E-state index in [0.29, 0.717) is 6.54 Å². The highest BCUT2D eigenvalue weighted by Crippen LogP contribution is 2.25. The molecule has 0 aliphatic heterocycles. The maximum Gasteiger partial charge on any atom is 0.119 e. The lowest BCUT2D eigenvalue weighted by Gasteiger charge is -2.15. The van der Waals surface area contributed by atoms with Gasteiger partial charge in [0.15, 0.2) is 0 Å². The number of nitrogens with zero attached hydrogens (tertiary/aromatic N) is 2. The van der Waals surface area contributed by atoms with Crippen LogP contribution in [0.2, 0.25) is 0 Å². The lowest BCUT2D eigenvalue weighted by atomic mass is 10.1. The van der Waals surface area contributed by atoms with Crippen LogP contribution >= 0.6 is 0 Å². The summed E-state index contributed by atoms with van der Waals surface area (Å²) in [6.07, 6.45) is 0. The van der Waals surface area contributed by atoms with Crippen molar-refractivity contribution in [1.29, 1.82) is 0 Å². The van der Waals surface area contributed by atoms with Crippen molar-refractivity contribution in [2.45, 2.75) is 33.4 Å². The third-order valence-corrected chi connectivity index (χ3v) is 3.67. The highest BCUT2D eigenvalue weighted by Gasteiger charge is 2.12. The molecular formula is C15H21N3O2. The Morgan fingerprint density at radius 2 is 1.80 bits per heavy atom. The molecule has 0 radical (unpaired) electrons. The molecule has 2 aromatic rings. The summed E-state index contributed by atoms with van der Waals surface area (Å²) in [5, 5.41) is 26.8. The predicted molar refractivity (Wildman–Crippen MR) is 77.7 cm³/mol. The van der Waals surface area contributed by atoms with Gasteiger partial charge < -0.3 is 15.5 Å². The third kappa shape index (κ3) is 2.93. The zero-order valence-corrected chi connectivity index (χ0v) is 12.3. The summed E-state index contributed by atoms with van der Waals surface area (Å²) in [6, 6.07) is 4.65. The molecule has 1 heterocycles. The second-order valence-electron chi connectivity index (χ2n) is 5.16. The fourth-order valence-electron chi connectivity index (χ4n) is 2.31. The molecule has 0 fully saturated rings. The number of hydrogen-bond acceptors (Lipinski definition) is 4. The van der Waals surface area contributed by atoms with E-state index in [9.17, 15) is 10.2 Å². The van der Waals surface area contributed by atoms with Crippen molar-refractivity contribution >= 4 is 0 Å². The molecule has 5 nitrogen and oxygen atoms in total. The number of nitrogens with one attached hydrogen (secondary N) is 1. The molecule has 108 valence electrons. The molecule has 1 aromatic heterocycles. The van der Waals surface area contributed by atoms with Gasteiger partial charge in [-0.1, -0.05) is 0 Å². The Morgan fingerprint density at radius 3 is 2.30 bits per heavy atom.